The quantitative estimate of drug-likeness (QED) is 0.490. The van der Waals surface area contributed by atoms with Gasteiger partial charge in [0.2, 0.25) is 5.91 Å². The van der Waals surface area contributed by atoms with Crippen molar-refractivity contribution in [2.75, 3.05) is 25.0 Å². The average molecular weight is 287 g/mol. The van der Waals surface area contributed by atoms with E-state index in [1.165, 1.54) is 6.07 Å². The Labute approximate surface area is 115 Å². The van der Waals surface area contributed by atoms with Crippen LogP contribution < -0.4 is 5.32 Å². The van der Waals surface area contributed by atoms with Gasteiger partial charge in [-0.1, -0.05) is 11.6 Å². The predicted octanol–water partition coefficient (Wildman–Crippen LogP) is 1.92. The second kappa shape index (κ2) is 6.89. The lowest BCUT2D eigenvalue weighted by atomic mass is 10.4. The Morgan fingerprint density at radius 3 is 2.63 bits per heavy atom. The molecule has 1 rings (SSSR count). The fraction of sp³-hybridized carbons (Fsp3) is 0.455. The van der Waals surface area contributed by atoms with Gasteiger partial charge < -0.3 is 10.2 Å². The molecule has 19 heavy (non-hydrogen) atoms. The average Bonchev–Trinajstić information content (AvgIpc) is 2.37. The van der Waals surface area contributed by atoms with Crippen molar-refractivity contribution in [3.05, 3.63) is 27.4 Å². The smallest absolute Gasteiger partial charge is 0.276 e. The first-order valence-electron chi connectivity index (χ1n) is 5.81. The maximum absolute atomic E-state index is 11.8. The summed E-state index contributed by atoms with van der Waals surface area (Å²) in [6.45, 7) is 5.00. The van der Waals surface area contributed by atoms with Gasteiger partial charge >= 0.3 is 0 Å². The molecule has 0 aliphatic heterocycles. The molecule has 104 valence electrons. The maximum atomic E-state index is 11.8. The highest BCUT2D eigenvalue weighted by Crippen LogP contribution is 2.20. The summed E-state index contributed by atoms with van der Waals surface area (Å²) in [5.41, 5.74) is -0.169. The molecule has 1 aromatic heterocycles. The van der Waals surface area contributed by atoms with Crippen LogP contribution in [0, 0.1) is 10.1 Å². The summed E-state index contributed by atoms with van der Waals surface area (Å²) in [6.07, 6.45) is 0. The molecular weight excluding hydrogens is 272 g/mol. The Balaban J connectivity index is 2.72. The van der Waals surface area contributed by atoms with Crippen LogP contribution in [0.5, 0.6) is 0 Å². The van der Waals surface area contributed by atoms with Crippen LogP contribution in [-0.4, -0.2) is 40.3 Å². The van der Waals surface area contributed by atoms with Crippen LogP contribution in [0.4, 0.5) is 11.5 Å². The number of amides is 1. The van der Waals surface area contributed by atoms with Crippen LogP contribution in [0.1, 0.15) is 13.8 Å². The Bertz CT molecular complexity index is 477. The number of pyridine rings is 1. The van der Waals surface area contributed by atoms with E-state index in [2.05, 4.69) is 10.3 Å². The van der Waals surface area contributed by atoms with Crippen molar-refractivity contribution < 1.29 is 9.72 Å². The summed E-state index contributed by atoms with van der Waals surface area (Å²) >= 11 is 5.68. The highest BCUT2D eigenvalue weighted by molar-refractivity contribution is 6.29. The van der Waals surface area contributed by atoms with E-state index in [1.54, 1.807) is 4.90 Å². The first kappa shape index (κ1) is 15.2. The van der Waals surface area contributed by atoms with Crippen LogP contribution in [-0.2, 0) is 4.79 Å². The molecule has 0 aromatic carbocycles. The standard InChI is InChI=1S/C11H15ClN4O3/c1-3-15(4-2)11(17)7-13-10-6-8(16(18)19)5-9(12)14-10/h5-6H,3-4,7H2,1-2H3,(H,13,14). The minimum absolute atomic E-state index is 0.00647. The third-order valence-corrected chi connectivity index (χ3v) is 2.72. The van der Waals surface area contributed by atoms with Gasteiger partial charge in [-0.15, -0.1) is 0 Å². The Hall–Kier alpha value is -1.89. The molecule has 0 saturated carbocycles. The number of nitrogens with one attached hydrogen (secondary N) is 1. The Morgan fingerprint density at radius 1 is 1.47 bits per heavy atom. The van der Waals surface area contributed by atoms with E-state index in [9.17, 15) is 14.9 Å². The molecule has 0 fully saturated rings. The number of likely N-dealkylation sites (N-methyl/N-ethyl adjacent to an activating group) is 1. The number of anilines is 1. The van der Waals surface area contributed by atoms with Gasteiger partial charge in [0, 0.05) is 13.1 Å². The van der Waals surface area contributed by atoms with Gasteiger partial charge in [-0.05, 0) is 13.8 Å². The van der Waals surface area contributed by atoms with Gasteiger partial charge in [-0.3, -0.25) is 14.9 Å². The molecule has 0 radical (unpaired) electrons. The van der Waals surface area contributed by atoms with E-state index in [4.69, 9.17) is 11.6 Å². The van der Waals surface area contributed by atoms with Crippen molar-refractivity contribution in [3.63, 3.8) is 0 Å². The summed E-state index contributed by atoms with van der Waals surface area (Å²) < 4.78 is 0. The number of carbonyl (C=O) groups is 1. The second-order valence-corrected chi connectivity index (χ2v) is 4.10. The third kappa shape index (κ3) is 4.36. The number of rotatable bonds is 6. The van der Waals surface area contributed by atoms with Crippen LogP contribution in [0.2, 0.25) is 5.15 Å². The van der Waals surface area contributed by atoms with Crippen LogP contribution >= 0.6 is 11.6 Å². The SMILES string of the molecule is CCN(CC)C(=O)CNc1cc([N+](=O)[O-])cc(Cl)n1. The number of hydrogen-bond acceptors (Lipinski definition) is 5. The second-order valence-electron chi connectivity index (χ2n) is 3.71. The van der Waals surface area contributed by atoms with Crippen LogP contribution in [0.15, 0.2) is 12.1 Å². The van der Waals surface area contributed by atoms with Gasteiger partial charge in [0.1, 0.15) is 11.0 Å². The molecule has 8 heteroatoms. The molecule has 7 nitrogen and oxygen atoms in total. The lowest BCUT2D eigenvalue weighted by Gasteiger charge is -2.18. The Kier molecular flexibility index (Phi) is 5.50. The Morgan fingerprint density at radius 2 is 2.11 bits per heavy atom. The van der Waals surface area contributed by atoms with Crippen molar-refractivity contribution in [1.29, 1.82) is 0 Å². The van der Waals surface area contributed by atoms with Crippen LogP contribution in [0.25, 0.3) is 0 Å². The molecule has 1 aromatic rings. The van der Waals surface area contributed by atoms with E-state index < -0.39 is 4.92 Å². The normalized spacial score (nSPS) is 10.1. The van der Waals surface area contributed by atoms with Crippen molar-refractivity contribution >= 4 is 29.0 Å². The van der Waals surface area contributed by atoms with Crippen molar-refractivity contribution in [3.8, 4) is 0 Å². The molecule has 0 aliphatic rings. The number of carbonyl (C=O) groups excluding carboxylic acids is 1. The van der Waals surface area contributed by atoms with Gasteiger partial charge in [0.15, 0.2) is 0 Å². The zero-order valence-corrected chi connectivity index (χ0v) is 11.5. The van der Waals surface area contributed by atoms with E-state index in [-0.39, 0.29) is 29.1 Å². The fourth-order valence-electron chi connectivity index (χ4n) is 1.53. The van der Waals surface area contributed by atoms with E-state index in [0.29, 0.717) is 13.1 Å². The molecule has 1 heterocycles. The largest absolute Gasteiger partial charge is 0.361 e. The number of nitro groups is 1. The first-order chi connectivity index (χ1) is 8.97. The monoisotopic (exact) mass is 286 g/mol. The highest BCUT2D eigenvalue weighted by atomic mass is 35.5. The van der Waals surface area contributed by atoms with Gasteiger partial charge in [0.05, 0.1) is 23.6 Å². The zero-order chi connectivity index (χ0) is 14.4. The van der Waals surface area contributed by atoms with Crippen molar-refractivity contribution in [2.45, 2.75) is 13.8 Å². The molecule has 0 saturated heterocycles. The number of hydrogen-bond donors (Lipinski definition) is 1. The molecule has 0 unspecified atom stereocenters. The maximum Gasteiger partial charge on any atom is 0.276 e. The van der Waals surface area contributed by atoms with Gasteiger partial charge in [0.25, 0.3) is 5.69 Å². The fourth-order valence-corrected chi connectivity index (χ4v) is 1.74. The summed E-state index contributed by atoms with van der Waals surface area (Å²) in [5, 5.41) is 13.4. The third-order valence-electron chi connectivity index (χ3n) is 2.53. The topological polar surface area (TPSA) is 88.4 Å². The molecule has 0 spiro atoms. The van der Waals surface area contributed by atoms with Crippen LogP contribution in [0.3, 0.4) is 0 Å². The minimum Gasteiger partial charge on any atom is -0.361 e. The predicted molar refractivity (Wildman–Crippen MR) is 72.3 cm³/mol. The van der Waals surface area contributed by atoms with Gasteiger partial charge in [-0.2, -0.15) is 0 Å². The van der Waals surface area contributed by atoms with Crippen molar-refractivity contribution in [2.24, 2.45) is 0 Å². The van der Waals surface area contributed by atoms with E-state index in [0.717, 1.165) is 6.07 Å². The highest BCUT2D eigenvalue weighted by Gasteiger charge is 2.13. The van der Waals surface area contributed by atoms with E-state index >= 15 is 0 Å². The lowest BCUT2D eigenvalue weighted by Crippen LogP contribution is -2.35. The number of aromatic nitrogens is 1. The summed E-state index contributed by atoms with van der Waals surface area (Å²) in [5.74, 6) is 0.106. The first-order valence-corrected chi connectivity index (χ1v) is 6.19. The van der Waals surface area contributed by atoms with E-state index in [1.807, 2.05) is 13.8 Å². The molecule has 0 aliphatic carbocycles. The summed E-state index contributed by atoms with van der Waals surface area (Å²) in [4.78, 5) is 27.4. The summed E-state index contributed by atoms with van der Waals surface area (Å²) in [7, 11) is 0. The number of nitrogens with zero attached hydrogens (tertiary/aromatic N) is 3. The summed E-state index contributed by atoms with van der Waals surface area (Å²) in [6, 6.07) is 2.39. The molecular formula is C11H15ClN4O3. The number of halogens is 1. The lowest BCUT2D eigenvalue weighted by molar-refractivity contribution is -0.384. The zero-order valence-electron chi connectivity index (χ0n) is 10.7. The minimum atomic E-state index is -0.565. The molecule has 1 amide bonds. The molecule has 0 atom stereocenters. The van der Waals surface area contributed by atoms with Crippen molar-refractivity contribution in [1.82, 2.24) is 9.88 Å². The molecule has 0 bridgehead atoms. The van der Waals surface area contributed by atoms with Gasteiger partial charge in [-0.25, -0.2) is 4.98 Å². The molecule has 1 N–H and O–H groups in total.